The summed E-state index contributed by atoms with van der Waals surface area (Å²) in [6, 6.07) is 0.0524. The number of imidazole rings is 1. The SMILES string of the molecule is CC1(C)CCCNC1c1nc2[nH]c(=O)[nH]c(=O)c2[nH]1. The highest BCUT2D eigenvalue weighted by Crippen LogP contribution is 2.38. The van der Waals surface area contributed by atoms with Gasteiger partial charge in [-0.15, -0.1) is 0 Å². The summed E-state index contributed by atoms with van der Waals surface area (Å²) in [5.41, 5.74) is -0.290. The standard InChI is InChI=1S/C12H17N5O2/c1-12(2)4-3-5-13-7(12)9-14-6-8(15-9)16-11(19)17-10(6)18/h7,13H,3-5H2,1-2H3,(H3,14,15,16,17,18,19). The number of aromatic amines is 3. The van der Waals surface area contributed by atoms with Crippen LogP contribution in [0.4, 0.5) is 0 Å². The molecular formula is C12H17N5O2. The number of nitrogens with one attached hydrogen (secondary N) is 4. The molecule has 0 bridgehead atoms. The van der Waals surface area contributed by atoms with Crippen LogP contribution >= 0.6 is 0 Å². The van der Waals surface area contributed by atoms with Gasteiger partial charge in [0.15, 0.2) is 5.65 Å². The van der Waals surface area contributed by atoms with Crippen molar-refractivity contribution in [3.8, 4) is 0 Å². The van der Waals surface area contributed by atoms with Crippen LogP contribution in [0, 0.1) is 5.41 Å². The number of piperidine rings is 1. The van der Waals surface area contributed by atoms with Crippen LogP contribution in [0.2, 0.25) is 0 Å². The molecule has 1 saturated heterocycles. The Hall–Kier alpha value is -1.89. The molecule has 1 atom stereocenters. The van der Waals surface area contributed by atoms with Crippen LogP contribution in [-0.2, 0) is 0 Å². The summed E-state index contributed by atoms with van der Waals surface area (Å²) < 4.78 is 0. The minimum atomic E-state index is -0.536. The van der Waals surface area contributed by atoms with Crippen LogP contribution in [0.25, 0.3) is 11.2 Å². The molecule has 3 heterocycles. The van der Waals surface area contributed by atoms with Gasteiger partial charge in [0.1, 0.15) is 11.3 Å². The molecule has 7 heteroatoms. The monoisotopic (exact) mass is 263 g/mol. The van der Waals surface area contributed by atoms with E-state index in [-0.39, 0.29) is 11.5 Å². The van der Waals surface area contributed by atoms with E-state index < -0.39 is 11.2 Å². The van der Waals surface area contributed by atoms with Crippen molar-refractivity contribution in [3.05, 3.63) is 26.7 Å². The Balaban J connectivity index is 2.13. The van der Waals surface area contributed by atoms with Crippen LogP contribution in [0.15, 0.2) is 9.59 Å². The number of hydrogen-bond acceptors (Lipinski definition) is 4. The van der Waals surface area contributed by atoms with Gasteiger partial charge in [0.25, 0.3) is 5.56 Å². The highest BCUT2D eigenvalue weighted by Gasteiger charge is 2.35. The topological polar surface area (TPSA) is 106 Å². The van der Waals surface area contributed by atoms with Gasteiger partial charge >= 0.3 is 5.69 Å². The lowest BCUT2D eigenvalue weighted by Crippen LogP contribution is -2.40. The number of hydrogen-bond donors (Lipinski definition) is 4. The predicted octanol–water partition coefficient (Wildman–Crippen LogP) is 0.390. The molecule has 2 aromatic heterocycles. The van der Waals surface area contributed by atoms with E-state index in [1.165, 1.54) is 0 Å². The normalized spacial score (nSPS) is 22.7. The molecule has 0 saturated carbocycles. The van der Waals surface area contributed by atoms with Crippen molar-refractivity contribution >= 4 is 11.2 Å². The van der Waals surface area contributed by atoms with Gasteiger partial charge in [-0.05, 0) is 24.8 Å². The lowest BCUT2D eigenvalue weighted by Gasteiger charge is -2.38. The van der Waals surface area contributed by atoms with Crippen molar-refractivity contribution in [1.29, 1.82) is 0 Å². The smallest absolute Gasteiger partial charge is 0.327 e. The minimum absolute atomic E-state index is 0.0524. The summed E-state index contributed by atoms with van der Waals surface area (Å²) in [5.74, 6) is 0.701. The van der Waals surface area contributed by atoms with E-state index in [9.17, 15) is 9.59 Å². The Morgan fingerprint density at radius 2 is 2.00 bits per heavy atom. The number of rotatable bonds is 1. The van der Waals surface area contributed by atoms with E-state index in [4.69, 9.17) is 0 Å². The van der Waals surface area contributed by atoms with Gasteiger partial charge < -0.3 is 10.3 Å². The second-order valence-corrected chi connectivity index (χ2v) is 5.73. The highest BCUT2D eigenvalue weighted by molar-refractivity contribution is 5.68. The number of aromatic nitrogens is 4. The van der Waals surface area contributed by atoms with Gasteiger partial charge in [-0.1, -0.05) is 13.8 Å². The fourth-order valence-electron chi connectivity index (χ4n) is 2.77. The van der Waals surface area contributed by atoms with Gasteiger partial charge in [0.2, 0.25) is 0 Å². The van der Waals surface area contributed by atoms with Gasteiger partial charge in [-0.25, -0.2) is 9.78 Å². The van der Waals surface area contributed by atoms with Crippen LogP contribution in [-0.4, -0.2) is 26.5 Å². The van der Waals surface area contributed by atoms with Crippen LogP contribution in [0.5, 0.6) is 0 Å². The fraction of sp³-hybridized carbons (Fsp3) is 0.583. The summed E-state index contributed by atoms with van der Waals surface area (Å²) >= 11 is 0. The molecule has 0 aliphatic carbocycles. The zero-order valence-corrected chi connectivity index (χ0v) is 11.0. The molecule has 2 aromatic rings. The second kappa shape index (κ2) is 4.06. The molecule has 0 radical (unpaired) electrons. The van der Waals surface area contributed by atoms with Gasteiger partial charge in [-0.2, -0.15) is 0 Å². The average Bonchev–Trinajstić information content (AvgIpc) is 2.72. The van der Waals surface area contributed by atoms with Gasteiger partial charge in [0, 0.05) is 0 Å². The third-order valence-electron chi connectivity index (χ3n) is 3.81. The highest BCUT2D eigenvalue weighted by atomic mass is 16.2. The summed E-state index contributed by atoms with van der Waals surface area (Å²) in [6.45, 7) is 5.27. The molecule has 4 N–H and O–H groups in total. The Bertz CT molecular complexity index is 724. The lowest BCUT2D eigenvalue weighted by atomic mass is 9.77. The first kappa shape index (κ1) is 12.2. The first-order chi connectivity index (χ1) is 8.97. The van der Waals surface area contributed by atoms with E-state index in [2.05, 4.69) is 39.1 Å². The van der Waals surface area contributed by atoms with Crippen molar-refractivity contribution in [2.45, 2.75) is 32.7 Å². The predicted molar refractivity (Wildman–Crippen MR) is 71.1 cm³/mol. The maximum atomic E-state index is 11.7. The van der Waals surface area contributed by atoms with Crippen molar-refractivity contribution in [2.75, 3.05) is 6.54 Å². The molecule has 1 fully saturated rings. The molecule has 7 nitrogen and oxygen atoms in total. The molecule has 0 amide bonds. The van der Waals surface area contributed by atoms with E-state index >= 15 is 0 Å². The molecule has 0 aromatic carbocycles. The first-order valence-corrected chi connectivity index (χ1v) is 6.43. The minimum Gasteiger partial charge on any atom is -0.335 e. The van der Waals surface area contributed by atoms with Crippen molar-refractivity contribution in [3.63, 3.8) is 0 Å². The van der Waals surface area contributed by atoms with Gasteiger partial charge in [-0.3, -0.25) is 14.8 Å². The summed E-state index contributed by atoms with van der Waals surface area (Å²) in [7, 11) is 0. The number of H-pyrrole nitrogens is 3. The quantitative estimate of drug-likeness (QED) is 0.597. The van der Waals surface area contributed by atoms with Crippen LogP contribution in [0.3, 0.4) is 0 Å². The zero-order valence-electron chi connectivity index (χ0n) is 11.0. The van der Waals surface area contributed by atoms with E-state index in [1.807, 2.05) is 0 Å². The average molecular weight is 263 g/mol. The van der Waals surface area contributed by atoms with E-state index in [1.54, 1.807) is 0 Å². The van der Waals surface area contributed by atoms with Gasteiger partial charge in [0.05, 0.1) is 6.04 Å². The molecule has 1 aliphatic heterocycles. The molecule has 0 spiro atoms. The maximum Gasteiger partial charge on any atom is 0.327 e. The van der Waals surface area contributed by atoms with E-state index in [0.29, 0.717) is 17.0 Å². The summed E-state index contributed by atoms with van der Waals surface area (Å²) in [6.07, 6.45) is 2.22. The maximum absolute atomic E-state index is 11.7. The third-order valence-corrected chi connectivity index (χ3v) is 3.81. The Labute approximate surface area is 108 Å². The summed E-state index contributed by atoms with van der Waals surface area (Å²) in [4.78, 5) is 35.0. The molecule has 1 aliphatic rings. The molecule has 1 unspecified atom stereocenters. The Morgan fingerprint density at radius 3 is 2.74 bits per heavy atom. The number of fused-ring (bicyclic) bond motifs is 1. The molecule has 19 heavy (non-hydrogen) atoms. The van der Waals surface area contributed by atoms with Crippen LogP contribution < -0.4 is 16.6 Å². The molecule has 102 valence electrons. The van der Waals surface area contributed by atoms with Crippen molar-refractivity contribution in [2.24, 2.45) is 5.41 Å². The largest absolute Gasteiger partial charge is 0.335 e. The van der Waals surface area contributed by atoms with E-state index in [0.717, 1.165) is 19.4 Å². The zero-order chi connectivity index (χ0) is 13.6. The summed E-state index contributed by atoms with van der Waals surface area (Å²) in [5, 5.41) is 3.42. The Kier molecular flexibility index (Phi) is 2.60. The van der Waals surface area contributed by atoms with Crippen molar-refractivity contribution in [1.82, 2.24) is 25.3 Å². The Morgan fingerprint density at radius 1 is 1.21 bits per heavy atom. The third kappa shape index (κ3) is 1.99. The fourth-order valence-corrected chi connectivity index (χ4v) is 2.77. The number of nitrogens with zero attached hydrogens (tertiary/aromatic N) is 1. The molecule has 3 rings (SSSR count). The van der Waals surface area contributed by atoms with Crippen molar-refractivity contribution < 1.29 is 0 Å². The van der Waals surface area contributed by atoms with Crippen LogP contribution in [0.1, 0.15) is 38.6 Å². The first-order valence-electron chi connectivity index (χ1n) is 6.43. The molecular weight excluding hydrogens is 246 g/mol. The lowest BCUT2D eigenvalue weighted by molar-refractivity contribution is 0.175. The second-order valence-electron chi connectivity index (χ2n) is 5.73.